The Morgan fingerprint density at radius 2 is 1.53 bits per heavy atom. The van der Waals surface area contributed by atoms with Gasteiger partial charge in [0.05, 0.1) is 34.7 Å². The number of benzene rings is 2. The van der Waals surface area contributed by atoms with Gasteiger partial charge in [0.1, 0.15) is 11.6 Å². The van der Waals surface area contributed by atoms with Crippen LogP contribution in [0.5, 0.6) is 0 Å². The number of anilines is 2. The number of pyridine rings is 1. The first-order valence-corrected chi connectivity index (χ1v) is 15.5. The number of hydrogen-bond acceptors (Lipinski definition) is 5. The van der Waals surface area contributed by atoms with Crippen molar-refractivity contribution in [1.29, 1.82) is 0 Å². The summed E-state index contributed by atoms with van der Waals surface area (Å²) >= 11 is 0. The monoisotopic (exact) mass is 660 g/mol. The molecule has 0 radical (unpaired) electrons. The molecule has 1 aromatic heterocycles. The van der Waals surface area contributed by atoms with Gasteiger partial charge >= 0.3 is 12.4 Å². The summed E-state index contributed by atoms with van der Waals surface area (Å²) in [7, 11) is -2.14. The lowest BCUT2D eigenvalue weighted by molar-refractivity contribution is -0.143. The third-order valence-electron chi connectivity index (χ3n) is 7.75. The maximum absolute atomic E-state index is 14.0. The lowest BCUT2D eigenvalue weighted by Crippen LogP contribution is -2.42. The van der Waals surface area contributed by atoms with E-state index in [-0.39, 0.29) is 17.8 Å². The second-order valence-corrected chi connectivity index (χ2v) is 13.4. The summed E-state index contributed by atoms with van der Waals surface area (Å²) in [5, 5.41) is 0. The summed E-state index contributed by atoms with van der Waals surface area (Å²) in [5.74, 6) is -0.927. The number of halogens is 7. The van der Waals surface area contributed by atoms with E-state index in [0.29, 0.717) is 54.2 Å². The molecular formula is C30H31F7N4O3S. The van der Waals surface area contributed by atoms with E-state index in [4.69, 9.17) is 0 Å². The van der Waals surface area contributed by atoms with Gasteiger partial charge in [0.2, 0.25) is 15.9 Å². The zero-order valence-corrected chi connectivity index (χ0v) is 25.8. The Hall–Kier alpha value is -3.72. The van der Waals surface area contributed by atoms with Crippen molar-refractivity contribution in [3.63, 3.8) is 0 Å². The molecule has 7 nitrogen and oxygen atoms in total. The molecule has 0 aliphatic carbocycles. The normalized spacial score (nSPS) is 16.3. The van der Waals surface area contributed by atoms with E-state index in [2.05, 4.69) is 9.71 Å². The number of likely N-dealkylation sites (N-methyl/N-ethyl adjacent to an activating group) is 1. The minimum Gasteiger partial charge on any atom is -0.355 e. The molecule has 0 saturated carbocycles. The summed E-state index contributed by atoms with van der Waals surface area (Å²) in [6.07, 6.45) is -7.31. The zero-order valence-electron chi connectivity index (χ0n) is 24.9. The molecule has 45 heavy (non-hydrogen) atoms. The Morgan fingerprint density at radius 3 is 2.07 bits per heavy atom. The molecule has 0 spiro atoms. The highest BCUT2D eigenvalue weighted by molar-refractivity contribution is 7.88. The number of nitrogens with one attached hydrogen (secondary N) is 1. The molecule has 1 aliphatic rings. The molecule has 1 aliphatic heterocycles. The SMILES string of the molecule is Cc1cc(F)ccc1-c1cc(N2CC[C@H](NS(C)(=O)=O)C2)ncc1N(C)C(=O)C(C)(C)c1cc(C(F)(F)F)cc(C(F)(F)F)c1. The molecular weight excluding hydrogens is 629 g/mol. The van der Waals surface area contributed by atoms with Gasteiger partial charge < -0.3 is 9.80 Å². The van der Waals surface area contributed by atoms with E-state index in [0.717, 1.165) is 11.2 Å². The van der Waals surface area contributed by atoms with Crippen LogP contribution >= 0.6 is 0 Å². The van der Waals surface area contributed by atoms with Crippen LogP contribution < -0.4 is 14.5 Å². The number of amides is 1. The molecule has 2 aromatic carbocycles. The van der Waals surface area contributed by atoms with Crippen molar-refractivity contribution < 1.29 is 43.9 Å². The Bertz CT molecular complexity index is 1690. The number of alkyl halides is 6. The fourth-order valence-electron chi connectivity index (χ4n) is 5.36. The van der Waals surface area contributed by atoms with E-state index in [1.165, 1.54) is 45.3 Å². The van der Waals surface area contributed by atoms with Gasteiger partial charge in [-0.25, -0.2) is 22.5 Å². The first kappa shape index (κ1) is 34.2. The lowest BCUT2D eigenvalue weighted by atomic mass is 9.81. The van der Waals surface area contributed by atoms with Crippen LogP contribution in [0.1, 0.15) is 42.5 Å². The molecule has 2 heterocycles. The molecule has 244 valence electrons. The highest BCUT2D eigenvalue weighted by Crippen LogP contribution is 2.41. The summed E-state index contributed by atoms with van der Waals surface area (Å²) in [6.45, 7) is 4.83. The number of carbonyl (C=O) groups excluding carboxylic acids is 1. The average Bonchev–Trinajstić information content (AvgIpc) is 3.37. The number of aromatic nitrogens is 1. The van der Waals surface area contributed by atoms with Gasteiger partial charge in [0, 0.05) is 31.7 Å². The van der Waals surface area contributed by atoms with Gasteiger partial charge in [-0.05, 0) is 80.3 Å². The second-order valence-electron chi connectivity index (χ2n) is 11.6. The number of carbonyl (C=O) groups is 1. The predicted molar refractivity (Wildman–Crippen MR) is 156 cm³/mol. The van der Waals surface area contributed by atoms with E-state index in [9.17, 15) is 43.9 Å². The summed E-state index contributed by atoms with van der Waals surface area (Å²) in [4.78, 5) is 21.3. The van der Waals surface area contributed by atoms with Crippen LogP contribution in [-0.2, 0) is 32.6 Å². The van der Waals surface area contributed by atoms with Crippen LogP contribution in [0.4, 0.5) is 42.2 Å². The van der Waals surface area contributed by atoms with Crippen molar-refractivity contribution in [2.24, 2.45) is 0 Å². The van der Waals surface area contributed by atoms with Gasteiger partial charge in [-0.3, -0.25) is 4.79 Å². The first-order valence-electron chi connectivity index (χ1n) is 13.6. The van der Waals surface area contributed by atoms with Crippen LogP contribution in [0, 0.1) is 12.7 Å². The molecule has 1 saturated heterocycles. The second kappa shape index (κ2) is 11.9. The minimum absolute atomic E-state index is 0.000189. The van der Waals surface area contributed by atoms with Crippen molar-refractivity contribution in [2.45, 2.75) is 51.0 Å². The standard InChI is InChI=1S/C30H31F7N4O3S/c1-17-10-21(31)6-7-23(17)24-14-26(41-9-8-22(16-41)39-45(5,43)44)38-15-25(24)40(4)27(42)28(2,3)18-11-19(29(32,33)34)13-20(12-18)30(35,36)37/h6-7,10-15,22,39H,8-9,16H2,1-5H3/t22-/m0/s1. The molecule has 4 rings (SSSR count). The number of rotatable bonds is 7. The quantitative estimate of drug-likeness (QED) is 0.301. The third-order valence-corrected chi connectivity index (χ3v) is 8.51. The largest absolute Gasteiger partial charge is 0.416 e. The summed E-state index contributed by atoms with van der Waals surface area (Å²) in [5.41, 5.74) is -3.91. The van der Waals surface area contributed by atoms with Crippen LogP contribution in [0.3, 0.4) is 0 Å². The van der Waals surface area contributed by atoms with Gasteiger partial charge in [-0.1, -0.05) is 6.07 Å². The van der Waals surface area contributed by atoms with Crippen LogP contribution in [-0.4, -0.2) is 51.7 Å². The van der Waals surface area contributed by atoms with Gasteiger partial charge in [0.15, 0.2) is 0 Å². The lowest BCUT2D eigenvalue weighted by Gasteiger charge is -2.32. The van der Waals surface area contributed by atoms with E-state index in [1.807, 2.05) is 4.90 Å². The van der Waals surface area contributed by atoms with E-state index >= 15 is 0 Å². The topological polar surface area (TPSA) is 82.6 Å². The molecule has 3 aromatic rings. The molecule has 15 heteroatoms. The van der Waals surface area contributed by atoms with E-state index in [1.54, 1.807) is 13.0 Å². The van der Waals surface area contributed by atoms with Crippen molar-refractivity contribution in [1.82, 2.24) is 9.71 Å². The fourth-order valence-corrected chi connectivity index (χ4v) is 6.16. The highest BCUT2D eigenvalue weighted by atomic mass is 32.2. The first-order chi connectivity index (χ1) is 20.6. The average molecular weight is 661 g/mol. The van der Waals surface area contributed by atoms with Crippen LogP contribution in [0.25, 0.3) is 11.1 Å². The number of aryl methyl sites for hydroxylation is 1. The van der Waals surface area contributed by atoms with Crippen molar-refractivity contribution in [2.75, 3.05) is 36.2 Å². The maximum Gasteiger partial charge on any atom is 0.416 e. The number of nitrogens with zero attached hydrogens (tertiary/aromatic N) is 3. The molecule has 1 fully saturated rings. The van der Waals surface area contributed by atoms with Gasteiger partial charge in [-0.15, -0.1) is 0 Å². The van der Waals surface area contributed by atoms with Crippen molar-refractivity contribution in [3.8, 4) is 11.1 Å². The smallest absolute Gasteiger partial charge is 0.355 e. The minimum atomic E-state index is -5.10. The molecule has 0 bridgehead atoms. The Morgan fingerprint density at radius 1 is 0.956 bits per heavy atom. The Kier molecular flexibility index (Phi) is 9.03. The zero-order chi connectivity index (χ0) is 33.7. The van der Waals surface area contributed by atoms with Gasteiger partial charge in [-0.2, -0.15) is 26.3 Å². The van der Waals surface area contributed by atoms with Gasteiger partial charge in [0.25, 0.3) is 0 Å². The molecule has 1 amide bonds. The number of hydrogen-bond donors (Lipinski definition) is 1. The van der Waals surface area contributed by atoms with Crippen molar-refractivity contribution >= 4 is 27.4 Å². The van der Waals surface area contributed by atoms with Crippen LogP contribution in [0.15, 0.2) is 48.7 Å². The maximum atomic E-state index is 14.0. The van der Waals surface area contributed by atoms with Crippen molar-refractivity contribution in [3.05, 3.63) is 76.7 Å². The third kappa shape index (κ3) is 7.57. The Labute approximate surface area is 256 Å². The number of sulfonamides is 1. The highest BCUT2D eigenvalue weighted by Gasteiger charge is 2.41. The molecule has 0 unspecified atom stereocenters. The Balaban J connectivity index is 1.79. The fraction of sp³-hybridized carbons (Fsp3) is 0.400. The van der Waals surface area contributed by atoms with Crippen LogP contribution in [0.2, 0.25) is 0 Å². The van der Waals surface area contributed by atoms with E-state index < -0.39 is 56.2 Å². The predicted octanol–water partition coefficient (Wildman–Crippen LogP) is 6.30. The molecule has 1 N–H and O–H groups in total. The summed E-state index contributed by atoms with van der Waals surface area (Å²) < 4.78 is 122. The molecule has 1 atom stereocenters. The summed E-state index contributed by atoms with van der Waals surface area (Å²) in [6, 6.07) is 6.27.